The van der Waals surface area contributed by atoms with Gasteiger partial charge in [0.15, 0.2) is 0 Å². The van der Waals surface area contributed by atoms with Gasteiger partial charge in [0.1, 0.15) is 17.0 Å². The van der Waals surface area contributed by atoms with E-state index >= 15 is 0 Å². The number of nitrogens with zero attached hydrogens (tertiary/aromatic N) is 3. The van der Waals surface area contributed by atoms with Crippen LogP contribution in [0.15, 0.2) is 56.8 Å². The summed E-state index contributed by atoms with van der Waals surface area (Å²) in [6.07, 6.45) is 3.43. The fourth-order valence-electron chi connectivity index (χ4n) is 5.39. The zero-order valence-electron chi connectivity index (χ0n) is 25.8. The van der Waals surface area contributed by atoms with Gasteiger partial charge in [-0.25, -0.2) is 9.18 Å². The molecule has 0 spiro atoms. The molecule has 5 rings (SSSR count). The molecule has 12 heteroatoms. The Labute approximate surface area is 258 Å². The van der Waals surface area contributed by atoms with Gasteiger partial charge in [0.05, 0.1) is 16.9 Å². The van der Waals surface area contributed by atoms with Gasteiger partial charge in [0.2, 0.25) is 11.8 Å². The first kappa shape index (κ1) is 31.4. The number of unbranched alkanes of at least 4 members (excludes halogenated alkanes) is 1. The van der Waals surface area contributed by atoms with Crippen LogP contribution in [-0.4, -0.2) is 32.1 Å². The normalized spacial score (nSPS) is 12.7. The lowest BCUT2D eigenvalue weighted by Crippen LogP contribution is -2.41. The van der Waals surface area contributed by atoms with Crippen LogP contribution in [-0.2, 0) is 16.6 Å². The van der Waals surface area contributed by atoms with Gasteiger partial charge in [0, 0.05) is 43.7 Å². The summed E-state index contributed by atoms with van der Waals surface area (Å²) >= 11 is 0. The van der Waals surface area contributed by atoms with Crippen LogP contribution in [0, 0.1) is 19.7 Å². The van der Waals surface area contributed by atoms with Crippen molar-refractivity contribution >= 4 is 39.9 Å². The summed E-state index contributed by atoms with van der Waals surface area (Å²) < 4.78 is 18.7. The minimum Gasteiger partial charge on any atom is -0.356 e. The molecule has 1 aliphatic carbocycles. The van der Waals surface area contributed by atoms with Crippen molar-refractivity contribution in [3.05, 3.63) is 90.6 Å². The van der Waals surface area contributed by atoms with Crippen LogP contribution >= 0.6 is 0 Å². The Morgan fingerprint density at radius 3 is 2.42 bits per heavy atom. The van der Waals surface area contributed by atoms with Gasteiger partial charge in [-0.1, -0.05) is 25.5 Å². The molecular formula is C33H37FN6O5. The van der Waals surface area contributed by atoms with Crippen molar-refractivity contribution in [2.45, 2.75) is 65.3 Å². The number of amides is 2. The summed E-state index contributed by atoms with van der Waals surface area (Å²) in [7, 11) is 1.49. The molecule has 45 heavy (non-hydrogen) atoms. The highest BCUT2D eigenvalue weighted by Crippen LogP contribution is 2.34. The van der Waals surface area contributed by atoms with Crippen LogP contribution in [0.4, 0.5) is 21.6 Å². The van der Waals surface area contributed by atoms with Gasteiger partial charge in [-0.3, -0.25) is 32.9 Å². The van der Waals surface area contributed by atoms with Crippen LogP contribution in [0.2, 0.25) is 0 Å². The maximum absolute atomic E-state index is 14.9. The molecule has 2 heterocycles. The average Bonchev–Trinajstić information content (AvgIpc) is 3.83. The Balaban J connectivity index is 1.60. The number of aromatic nitrogens is 3. The number of rotatable bonds is 11. The molecule has 0 radical (unpaired) electrons. The van der Waals surface area contributed by atoms with Gasteiger partial charge >= 0.3 is 5.69 Å². The number of fused-ring (bicyclic) bond motifs is 1. The second-order valence-corrected chi connectivity index (χ2v) is 11.5. The molecule has 0 unspecified atom stereocenters. The molecule has 0 saturated heterocycles. The van der Waals surface area contributed by atoms with Crippen LogP contribution in [0.5, 0.6) is 0 Å². The number of pyridine rings is 1. The number of halogens is 1. The van der Waals surface area contributed by atoms with E-state index in [1.165, 1.54) is 39.8 Å². The summed E-state index contributed by atoms with van der Waals surface area (Å²) in [5.41, 5.74) is 0.0850. The van der Waals surface area contributed by atoms with Gasteiger partial charge < -0.3 is 16.0 Å². The summed E-state index contributed by atoms with van der Waals surface area (Å²) in [6, 6.07) is 10.8. The van der Waals surface area contributed by atoms with E-state index in [1.807, 2.05) is 6.92 Å². The predicted octanol–water partition coefficient (Wildman–Crippen LogP) is 4.32. The van der Waals surface area contributed by atoms with E-state index in [2.05, 4.69) is 16.0 Å². The zero-order valence-corrected chi connectivity index (χ0v) is 25.8. The Hall–Kier alpha value is -5.00. The lowest BCUT2D eigenvalue weighted by atomic mass is 10.1. The Kier molecular flexibility index (Phi) is 9.03. The minimum atomic E-state index is -0.614. The number of hydrogen-bond donors (Lipinski definition) is 3. The summed E-state index contributed by atoms with van der Waals surface area (Å²) in [4.78, 5) is 66.1. The number of carbonyl (C=O) groups is 2. The first-order chi connectivity index (χ1) is 21.5. The van der Waals surface area contributed by atoms with Crippen molar-refractivity contribution in [3.63, 3.8) is 0 Å². The lowest BCUT2D eigenvalue weighted by Gasteiger charge is -2.21. The van der Waals surface area contributed by atoms with Crippen molar-refractivity contribution in [3.8, 4) is 5.69 Å². The second-order valence-electron chi connectivity index (χ2n) is 11.5. The first-order valence-electron chi connectivity index (χ1n) is 15.1. The number of hydrogen-bond acceptors (Lipinski definition) is 6. The van der Waals surface area contributed by atoms with E-state index in [9.17, 15) is 28.4 Å². The Morgan fingerprint density at radius 1 is 0.978 bits per heavy atom. The summed E-state index contributed by atoms with van der Waals surface area (Å²) in [5, 5.41) is 8.54. The highest BCUT2D eigenvalue weighted by molar-refractivity contribution is 5.94. The summed E-state index contributed by atoms with van der Waals surface area (Å²) in [5.74, 6) is -0.943. The molecule has 0 aliphatic heterocycles. The molecule has 2 aromatic carbocycles. The maximum atomic E-state index is 14.9. The standard InChI is InChI=1S/C33H37FN6O5/c1-5-6-10-26(41)35-16-15-27(42)36-21-8-7-9-23(18-21)39-29-20(3)31(43)38(4)30(37-25-14-11-19(2)17-24(25)34)28(29)32(44)40(33(39)45)22-12-13-22/h7-9,11,14,17-18,22,37H,5-6,10,12-13,15-16H2,1-4H3,(H,35,41)(H,36,42). The third kappa shape index (κ3) is 6.45. The van der Waals surface area contributed by atoms with E-state index < -0.39 is 22.6 Å². The van der Waals surface area contributed by atoms with Crippen LogP contribution < -0.4 is 32.8 Å². The third-order valence-corrected chi connectivity index (χ3v) is 7.95. The van der Waals surface area contributed by atoms with Crippen LogP contribution in [0.1, 0.15) is 62.6 Å². The van der Waals surface area contributed by atoms with E-state index in [-0.39, 0.29) is 58.8 Å². The molecule has 4 aromatic rings. The molecule has 3 N–H and O–H groups in total. The van der Waals surface area contributed by atoms with E-state index in [0.29, 0.717) is 36.2 Å². The Morgan fingerprint density at radius 2 is 1.73 bits per heavy atom. The molecule has 0 atom stereocenters. The van der Waals surface area contributed by atoms with E-state index in [0.717, 1.165) is 12.8 Å². The number of aryl methyl sites for hydroxylation is 2. The van der Waals surface area contributed by atoms with Crippen molar-refractivity contribution in [1.29, 1.82) is 0 Å². The third-order valence-electron chi connectivity index (χ3n) is 7.95. The molecule has 0 bridgehead atoms. The molecule has 236 valence electrons. The largest absolute Gasteiger partial charge is 0.356 e. The van der Waals surface area contributed by atoms with Gasteiger partial charge in [-0.05, 0) is 69.0 Å². The lowest BCUT2D eigenvalue weighted by molar-refractivity contribution is -0.121. The molecule has 1 saturated carbocycles. The molecular weight excluding hydrogens is 579 g/mol. The molecule has 2 amide bonds. The highest BCUT2D eigenvalue weighted by atomic mass is 19.1. The highest BCUT2D eigenvalue weighted by Gasteiger charge is 2.31. The fourth-order valence-corrected chi connectivity index (χ4v) is 5.39. The van der Waals surface area contributed by atoms with Crippen LogP contribution in [0.3, 0.4) is 0 Å². The van der Waals surface area contributed by atoms with Crippen molar-refractivity contribution < 1.29 is 14.0 Å². The zero-order chi connectivity index (χ0) is 32.4. The van der Waals surface area contributed by atoms with Gasteiger partial charge in [-0.15, -0.1) is 0 Å². The quantitative estimate of drug-likeness (QED) is 0.230. The van der Waals surface area contributed by atoms with Crippen molar-refractivity contribution in [1.82, 2.24) is 19.0 Å². The number of benzene rings is 2. The fraction of sp³-hybridized carbons (Fsp3) is 0.364. The molecule has 2 aromatic heterocycles. The van der Waals surface area contributed by atoms with Crippen molar-refractivity contribution in [2.75, 3.05) is 17.2 Å². The Bertz CT molecular complexity index is 1990. The van der Waals surface area contributed by atoms with E-state index in [4.69, 9.17) is 0 Å². The van der Waals surface area contributed by atoms with E-state index in [1.54, 1.807) is 37.3 Å². The smallest absolute Gasteiger partial charge is 0.336 e. The SMILES string of the molecule is CCCCC(=O)NCCC(=O)Nc1cccc(-n2c(=O)n(C3CC3)c(=O)c3c(Nc4ccc(C)cc4F)n(C)c(=O)c(C)c32)c1. The first-order valence-corrected chi connectivity index (χ1v) is 15.1. The monoisotopic (exact) mass is 616 g/mol. The predicted molar refractivity (Wildman–Crippen MR) is 172 cm³/mol. The topological polar surface area (TPSA) is 136 Å². The minimum absolute atomic E-state index is 0.0529. The maximum Gasteiger partial charge on any atom is 0.336 e. The van der Waals surface area contributed by atoms with Gasteiger partial charge in [-0.2, -0.15) is 0 Å². The van der Waals surface area contributed by atoms with Crippen LogP contribution in [0.25, 0.3) is 16.6 Å². The molecule has 11 nitrogen and oxygen atoms in total. The molecule has 1 aliphatic rings. The van der Waals surface area contributed by atoms with Gasteiger partial charge in [0.25, 0.3) is 11.1 Å². The van der Waals surface area contributed by atoms with Crippen molar-refractivity contribution in [2.24, 2.45) is 7.05 Å². The second kappa shape index (κ2) is 12.9. The number of nitrogens with one attached hydrogen (secondary N) is 3. The number of carbonyl (C=O) groups excluding carboxylic acids is 2. The summed E-state index contributed by atoms with van der Waals surface area (Å²) in [6.45, 7) is 5.47. The average molecular weight is 617 g/mol. The molecule has 1 fully saturated rings. The number of anilines is 3.